The van der Waals surface area contributed by atoms with E-state index >= 15 is 0 Å². The van der Waals surface area contributed by atoms with Crippen LogP contribution >= 0.6 is 11.3 Å². The zero-order valence-electron chi connectivity index (χ0n) is 15.0. The average Bonchev–Trinajstić information content (AvgIpc) is 3.23. The van der Waals surface area contributed by atoms with Crippen molar-refractivity contribution in [2.24, 2.45) is 5.92 Å². The zero-order valence-corrected chi connectivity index (χ0v) is 15.8. The van der Waals surface area contributed by atoms with Gasteiger partial charge >= 0.3 is 6.03 Å². The van der Waals surface area contributed by atoms with Crippen molar-refractivity contribution in [3.05, 3.63) is 47.0 Å². The molecular weight excluding hydrogens is 364 g/mol. The van der Waals surface area contributed by atoms with Crippen molar-refractivity contribution in [3.8, 4) is 0 Å². The Kier molecular flexibility index (Phi) is 4.85. The Balaban J connectivity index is 1.35. The molecule has 140 valence electrons. The molecule has 3 aromatic heterocycles. The van der Waals surface area contributed by atoms with Gasteiger partial charge in [-0.1, -0.05) is 17.4 Å². The summed E-state index contributed by atoms with van der Waals surface area (Å²) in [5.41, 5.74) is 1.23. The standard InChI is InChI=1S/C18H20N6O2S/c1-12-22-24-11-14(21-18(24)27-12)9-20-17(26)23-8-4-5-13(10-23)16(25)15-6-2-3-7-19-15/h2-3,6-7,11,13H,4-5,8-10H2,1H3,(H,20,26). The van der Waals surface area contributed by atoms with Crippen molar-refractivity contribution in [2.75, 3.05) is 13.1 Å². The Morgan fingerprint density at radius 2 is 2.26 bits per heavy atom. The predicted molar refractivity (Wildman–Crippen MR) is 101 cm³/mol. The minimum absolute atomic E-state index is 0.00360. The Morgan fingerprint density at radius 1 is 1.37 bits per heavy atom. The smallest absolute Gasteiger partial charge is 0.317 e. The van der Waals surface area contributed by atoms with Crippen molar-refractivity contribution in [1.82, 2.24) is 29.8 Å². The summed E-state index contributed by atoms with van der Waals surface area (Å²) in [4.78, 5) is 36.2. The molecule has 0 aliphatic carbocycles. The first-order valence-corrected chi connectivity index (χ1v) is 9.71. The normalized spacial score (nSPS) is 17.2. The van der Waals surface area contributed by atoms with Crippen LogP contribution in [0.2, 0.25) is 0 Å². The number of rotatable bonds is 4. The van der Waals surface area contributed by atoms with E-state index in [0.717, 1.165) is 28.5 Å². The van der Waals surface area contributed by atoms with Gasteiger partial charge in [-0.15, -0.1) is 0 Å². The minimum atomic E-state index is -0.204. The number of nitrogens with zero attached hydrogens (tertiary/aromatic N) is 5. The number of aryl methyl sites for hydroxylation is 1. The lowest BCUT2D eigenvalue weighted by Gasteiger charge is -2.31. The molecule has 2 amide bonds. The molecule has 1 unspecified atom stereocenters. The molecule has 0 spiro atoms. The fourth-order valence-electron chi connectivity index (χ4n) is 3.30. The number of amides is 2. The highest BCUT2D eigenvalue weighted by Crippen LogP contribution is 2.20. The van der Waals surface area contributed by atoms with Crippen LogP contribution in [0, 0.1) is 12.8 Å². The topological polar surface area (TPSA) is 92.5 Å². The maximum atomic E-state index is 12.6. The van der Waals surface area contributed by atoms with Gasteiger partial charge in [0.2, 0.25) is 4.96 Å². The number of carbonyl (C=O) groups is 2. The van der Waals surface area contributed by atoms with Crippen LogP contribution in [0.3, 0.4) is 0 Å². The van der Waals surface area contributed by atoms with Gasteiger partial charge in [-0.25, -0.2) is 14.3 Å². The molecule has 1 N–H and O–H groups in total. The molecule has 0 bridgehead atoms. The van der Waals surface area contributed by atoms with Gasteiger partial charge in [0.15, 0.2) is 5.78 Å². The molecule has 8 nitrogen and oxygen atoms in total. The second-order valence-corrected chi connectivity index (χ2v) is 7.76. The van der Waals surface area contributed by atoms with E-state index in [2.05, 4.69) is 20.4 Å². The van der Waals surface area contributed by atoms with E-state index in [0.29, 0.717) is 25.3 Å². The maximum Gasteiger partial charge on any atom is 0.317 e. The number of imidazole rings is 1. The van der Waals surface area contributed by atoms with Gasteiger partial charge in [0.25, 0.3) is 0 Å². The van der Waals surface area contributed by atoms with E-state index in [1.165, 1.54) is 11.3 Å². The van der Waals surface area contributed by atoms with Crippen LogP contribution in [0.5, 0.6) is 0 Å². The molecule has 0 aromatic carbocycles. The van der Waals surface area contributed by atoms with Crippen LogP contribution < -0.4 is 5.32 Å². The van der Waals surface area contributed by atoms with E-state index in [9.17, 15) is 9.59 Å². The number of piperidine rings is 1. The fourth-order valence-corrected chi connectivity index (χ4v) is 4.04. The van der Waals surface area contributed by atoms with Gasteiger partial charge in [-0.3, -0.25) is 9.78 Å². The third-order valence-electron chi connectivity index (χ3n) is 4.61. The molecule has 0 radical (unpaired) electrons. The van der Waals surface area contributed by atoms with Crippen LogP contribution in [0.25, 0.3) is 4.96 Å². The molecule has 1 aliphatic rings. The average molecular weight is 384 g/mol. The summed E-state index contributed by atoms with van der Waals surface area (Å²) < 4.78 is 1.73. The molecule has 1 saturated heterocycles. The van der Waals surface area contributed by atoms with E-state index < -0.39 is 0 Å². The van der Waals surface area contributed by atoms with E-state index in [4.69, 9.17) is 0 Å². The number of carbonyl (C=O) groups excluding carboxylic acids is 2. The van der Waals surface area contributed by atoms with Crippen LogP contribution in [0.1, 0.15) is 34.0 Å². The van der Waals surface area contributed by atoms with Crippen LogP contribution in [-0.2, 0) is 6.54 Å². The van der Waals surface area contributed by atoms with Crippen molar-refractivity contribution in [1.29, 1.82) is 0 Å². The largest absolute Gasteiger partial charge is 0.332 e. The van der Waals surface area contributed by atoms with Gasteiger partial charge in [0.05, 0.1) is 18.4 Å². The first-order valence-electron chi connectivity index (χ1n) is 8.90. The van der Waals surface area contributed by atoms with Crippen molar-refractivity contribution in [3.63, 3.8) is 0 Å². The Labute approximate surface area is 160 Å². The minimum Gasteiger partial charge on any atom is -0.332 e. The summed E-state index contributed by atoms with van der Waals surface area (Å²) in [5, 5.41) is 8.16. The Morgan fingerprint density at radius 3 is 3.04 bits per heavy atom. The monoisotopic (exact) mass is 384 g/mol. The number of fused-ring (bicyclic) bond motifs is 1. The highest BCUT2D eigenvalue weighted by atomic mass is 32.1. The zero-order chi connectivity index (χ0) is 18.8. The number of hydrogen-bond acceptors (Lipinski definition) is 6. The number of ketones is 1. The Bertz CT molecular complexity index is 935. The fraction of sp³-hybridized carbons (Fsp3) is 0.389. The summed E-state index contributed by atoms with van der Waals surface area (Å²) in [6.07, 6.45) is 5.02. The molecule has 27 heavy (non-hydrogen) atoms. The van der Waals surface area contributed by atoms with Gasteiger partial charge in [0.1, 0.15) is 10.7 Å². The summed E-state index contributed by atoms with van der Waals surface area (Å²) in [6, 6.07) is 5.14. The number of Topliss-reactive ketones (excluding diaryl/α,β-unsaturated/α-hetero) is 1. The lowest BCUT2D eigenvalue weighted by molar-refractivity contribution is 0.0840. The highest BCUT2D eigenvalue weighted by molar-refractivity contribution is 7.16. The first kappa shape index (κ1) is 17.6. The lowest BCUT2D eigenvalue weighted by Crippen LogP contribution is -2.47. The van der Waals surface area contributed by atoms with E-state index in [1.54, 1.807) is 33.8 Å². The molecule has 9 heteroatoms. The van der Waals surface area contributed by atoms with Crippen molar-refractivity contribution >= 4 is 28.1 Å². The second kappa shape index (κ2) is 7.43. The molecule has 0 saturated carbocycles. The number of urea groups is 1. The summed E-state index contributed by atoms with van der Waals surface area (Å²) in [5.74, 6) is -0.201. The molecule has 1 atom stereocenters. The number of likely N-dealkylation sites (tertiary alicyclic amines) is 1. The number of hydrogen-bond donors (Lipinski definition) is 1. The predicted octanol–water partition coefficient (Wildman–Crippen LogP) is 2.30. The molecular formula is C18H20N6O2S. The quantitative estimate of drug-likeness (QED) is 0.697. The molecule has 1 fully saturated rings. The van der Waals surface area contributed by atoms with Gasteiger partial charge in [-0.2, -0.15) is 5.10 Å². The van der Waals surface area contributed by atoms with Gasteiger partial charge < -0.3 is 10.2 Å². The van der Waals surface area contributed by atoms with E-state index in [-0.39, 0.29) is 17.7 Å². The van der Waals surface area contributed by atoms with Crippen LogP contribution in [-0.4, -0.2) is 49.4 Å². The lowest BCUT2D eigenvalue weighted by atomic mass is 9.92. The van der Waals surface area contributed by atoms with Crippen LogP contribution in [0.4, 0.5) is 4.79 Å². The van der Waals surface area contributed by atoms with Crippen molar-refractivity contribution in [2.45, 2.75) is 26.3 Å². The summed E-state index contributed by atoms with van der Waals surface area (Å²) in [7, 11) is 0. The molecule has 4 heterocycles. The van der Waals surface area contributed by atoms with Gasteiger partial charge in [0, 0.05) is 25.2 Å². The van der Waals surface area contributed by atoms with Crippen LogP contribution in [0.15, 0.2) is 30.6 Å². The van der Waals surface area contributed by atoms with Gasteiger partial charge in [-0.05, 0) is 31.9 Å². The maximum absolute atomic E-state index is 12.6. The number of aromatic nitrogens is 4. The molecule has 3 aromatic rings. The Hall–Kier alpha value is -2.81. The SMILES string of the molecule is Cc1nn2cc(CNC(=O)N3CCCC(C(=O)c4ccccn4)C3)nc2s1. The number of pyridine rings is 1. The molecule has 1 aliphatic heterocycles. The van der Waals surface area contributed by atoms with E-state index in [1.807, 2.05) is 13.1 Å². The second-order valence-electron chi connectivity index (χ2n) is 6.60. The highest BCUT2D eigenvalue weighted by Gasteiger charge is 2.29. The third-order valence-corrected chi connectivity index (χ3v) is 5.45. The third kappa shape index (κ3) is 3.82. The molecule has 4 rings (SSSR count). The summed E-state index contributed by atoms with van der Waals surface area (Å²) >= 11 is 1.51. The number of nitrogens with one attached hydrogen (secondary N) is 1. The summed E-state index contributed by atoms with van der Waals surface area (Å²) in [6.45, 7) is 3.33. The first-order chi connectivity index (χ1) is 13.1. The van der Waals surface area contributed by atoms with Crippen molar-refractivity contribution < 1.29 is 9.59 Å².